The van der Waals surface area contributed by atoms with Crippen molar-refractivity contribution in [2.75, 3.05) is 11.9 Å². The summed E-state index contributed by atoms with van der Waals surface area (Å²) in [6.45, 7) is 8.03. The van der Waals surface area contributed by atoms with Crippen molar-refractivity contribution in [2.24, 2.45) is 0 Å². The summed E-state index contributed by atoms with van der Waals surface area (Å²) in [5, 5.41) is 13.8. The number of hydrogen-bond acceptors (Lipinski definition) is 3. The van der Waals surface area contributed by atoms with Crippen LogP contribution in [-0.4, -0.2) is 20.6 Å². The minimum atomic E-state index is -1.13. The Morgan fingerprint density at radius 1 is 1.22 bits per heavy atom. The van der Waals surface area contributed by atoms with Gasteiger partial charge in [0.1, 0.15) is 0 Å². The van der Waals surface area contributed by atoms with Crippen molar-refractivity contribution in [2.45, 2.75) is 32.1 Å². The summed E-state index contributed by atoms with van der Waals surface area (Å²) in [6, 6.07) is 7.99. The molecule has 0 saturated heterocycles. The normalized spacial score (nSPS) is 10.6. The first kappa shape index (κ1) is 17.7. The standard InChI is InChI=1S/C13H21NO2Si.Na/c1-17(2,3)10-4-9-14-12-7-5-11(6-8-12)13(15)16;/h5-8,14H,4,9-10H2,1-3H3,(H,15,16);/q;+1/p-1. The molecule has 0 aliphatic carbocycles. The molecule has 0 saturated carbocycles. The Morgan fingerprint density at radius 3 is 2.22 bits per heavy atom. The van der Waals surface area contributed by atoms with Crippen LogP contribution in [0.15, 0.2) is 24.3 Å². The predicted octanol–water partition coefficient (Wildman–Crippen LogP) is -0.806. The summed E-state index contributed by atoms with van der Waals surface area (Å²) in [7, 11) is -0.945. The van der Waals surface area contributed by atoms with E-state index in [4.69, 9.17) is 0 Å². The first-order chi connectivity index (χ1) is 7.88. The van der Waals surface area contributed by atoms with Crippen LogP contribution in [-0.2, 0) is 0 Å². The Hall–Kier alpha value is -0.293. The maximum Gasteiger partial charge on any atom is 1.00 e. The van der Waals surface area contributed by atoms with Crippen LogP contribution in [0.1, 0.15) is 16.8 Å². The Labute approximate surface area is 132 Å². The predicted molar refractivity (Wildman–Crippen MR) is 72.0 cm³/mol. The topological polar surface area (TPSA) is 52.2 Å². The van der Waals surface area contributed by atoms with E-state index in [0.717, 1.165) is 18.7 Å². The second kappa shape index (κ2) is 7.99. The van der Waals surface area contributed by atoms with Crippen LogP contribution in [0, 0.1) is 0 Å². The van der Waals surface area contributed by atoms with Crippen molar-refractivity contribution < 1.29 is 39.5 Å². The van der Waals surface area contributed by atoms with Crippen molar-refractivity contribution in [3.05, 3.63) is 29.8 Å². The Morgan fingerprint density at radius 2 is 1.78 bits per heavy atom. The molecule has 0 spiro atoms. The fourth-order valence-electron chi connectivity index (χ4n) is 1.58. The number of aromatic carboxylic acids is 1. The summed E-state index contributed by atoms with van der Waals surface area (Å²) >= 11 is 0. The SMILES string of the molecule is C[Si](C)(C)CCCNc1ccc(C(=O)[O-])cc1.[Na+]. The number of carbonyl (C=O) groups is 1. The van der Waals surface area contributed by atoms with Crippen molar-refractivity contribution >= 4 is 19.7 Å². The number of nitrogens with one attached hydrogen (secondary N) is 1. The molecule has 0 aromatic heterocycles. The molecular weight excluding hydrogens is 253 g/mol. The number of carbonyl (C=O) groups excluding carboxylic acids is 1. The van der Waals surface area contributed by atoms with Gasteiger partial charge in [-0.25, -0.2) is 0 Å². The molecule has 94 valence electrons. The summed E-state index contributed by atoms with van der Waals surface area (Å²) in [4.78, 5) is 10.6. The van der Waals surface area contributed by atoms with Crippen molar-refractivity contribution in [3.63, 3.8) is 0 Å². The molecule has 3 nitrogen and oxygen atoms in total. The fraction of sp³-hybridized carbons (Fsp3) is 0.462. The van der Waals surface area contributed by atoms with Crippen molar-refractivity contribution in [3.8, 4) is 0 Å². The van der Waals surface area contributed by atoms with Crippen LogP contribution < -0.4 is 40.0 Å². The van der Waals surface area contributed by atoms with Crippen LogP contribution >= 0.6 is 0 Å². The molecule has 0 heterocycles. The van der Waals surface area contributed by atoms with E-state index in [1.54, 1.807) is 24.3 Å². The largest absolute Gasteiger partial charge is 1.00 e. The first-order valence-electron chi connectivity index (χ1n) is 5.94. The first-order valence-corrected chi connectivity index (χ1v) is 9.64. The molecule has 0 aliphatic rings. The zero-order valence-electron chi connectivity index (χ0n) is 11.7. The molecular formula is C13H20NNaO2Si. The van der Waals surface area contributed by atoms with Gasteiger partial charge in [-0.1, -0.05) is 37.8 Å². The molecule has 0 aliphatic heterocycles. The van der Waals surface area contributed by atoms with Gasteiger partial charge in [-0.15, -0.1) is 0 Å². The van der Waals surface area contributed by atoms with Crippen LogP contribution in [0.4, 0.5) is 5.69 Å². The van der Waals surface area contributed by atoms with Gasteiger partial charge in [-0.3, -0.25) is 0 Å². The summed E-state index contributed by atoms with van der Waals surface area (Å²) in [6.07, 6.45) is 1.16. The van der Waals surface area contributed by atoms with Crippen molar-refractivity contribution in [1.82, 2.24) is 0 Å². The summed E-state index contributed by atoms with van der Waals surface area (Å²) < 4.78 is 0. The Balaban J connectivity index is 0.00000289. The van der Waals surface area contributed by atoms with Gasteiger partial charge < -0.3 is 15.2 Å². The van der Waals surface area contributed by atoms with E-state index < -0.39 is 14.0 Å². The van der Waals surface area contributed by atoms with E-state index in [0.29, 0.717) is 0 Å². The van der Waals surface area contributed by atoms with Crippen LogP contribution in [0.2, 0.25) is 25.7 Å². The average molecular weight is 273 g/mol. The minimum absolute atomic E-state index is 0. The smallest absolute Gasteiger partial charge is 0.545 e. The number of carboxylic acids is 1. The number of rotatable bonds is 6. The number of benzene rings is 1. The van der Waals surface area contributed by atoms with E-state index in [1.165, 1.54) is 6.04 Å². The third-order valence-electron chi connectivity index (χ3n) is 2.55. The average Bonchev–Trinajstić information content (AvgIpc) is 2.24. The zero-order valence-corrected chi connectivity index (χ0v) is 14.7. The van der Waals surface area contributed by atoms with Gasteiger partial charge in [0.25, 0.3) is 0 Å². The molecule has 18 heavy (non-hydrogen) atoms. The molecule has 1 N–H and O–H groups in total. The van der Waals surface area contributed by atoms with Crippen LogP contribution in [0.25, 0.3) is 0 Å². The van der Waals surface area contributed by atoms with Gasteiger partial charge in [0.15, 0.2) is 0 Å². The van der Waals surface area contributed by atoms with E-state index in [-0.39, 0.29) is 35.1 Å². The molecule has 0 fully saturated rings. The third kappa shape index (κ3) is 7.21. The number of hydrogen-bond donors (Lipinski definition) is 1. The molecule has 1 rings (SSSR count). The monoisotopic (exact) mass is 273 g/mol. The third-order valence-corrected chi connectivity index (χ3v) is 4.41. The van der Waals surface area contributed by atoms with Gasteiger partial charge in [-0.05, 0) is 24.1 Å². The molecule has 1 aromatic carbocycles. The van der Waals surface area contributed by atoms with Gasteiger partial charge in [0, 0.05) is 20.3 Å². The molecule has 0 atom stereocenters. The molecule has 0 unspecified atom stereocenters. The molecule has 0 bridgehead atoms. The van der Waals surface area contributed by atoms with Gasteiger partial charge in [-0.2, -0.15) is 0 Å². The maximum absolute atomic E-state index is 10.6. The van der Waals surface area contributed by atoms with Gasteiger partial charge in [0.2, 0.25) is 0 Å². The molecule has 1 aromatic rings. The van der Waals surface area contributed by atoms with Crippen molar-refractivity contribution in [1.29, 1.82) is 0 Å². The van der Waals surface area contributed by atoms with E-state index >= 15 is 0 Å². The van der Waals surface area contributed by atoms with E-state index in [2.05, 4.69) is 25.0 Å². The quantitative estimate of drug-likeness (QED) is 0.545. The Bertz CT molecular complexity index is 374. The number of carboxylic acid groups (broad SMARTS) is 1. The Kier molecular flexibility index (Phi) is 7.86. The molecule has 0 radical (unpaired) electrons. The van der Waals surface area contributed by atoms with Gasteiger partial charge in [0.05, 0.1) is 5.97 Å². The van der Waals surface area contributed by atoms with E-state index in [9.17, 15) is 9.90 Å². The number of anilines is 1. The molecule has 0 amide bonds. The second-order valence-corrected chi connectivity index (χ2v) is 11.1. The zero-order chi connectivity index (χ0) is 12.9. The van der Waals surface area contributed by atoms with Gasteiger partial charge >= 0.3 is 29.6 Å². The summed E-state index contributed by atoms with van der Waals surface area (Å²) in [5.74, 6) is -1.13. The second-order valence-electron chi connectivity index (χ2n) is 5.46. The minimum Gasteiger partial charge on any atom is -0.545 e. The fourth-order valence-corrected chi connectivity index (χ4v) is 2.81. The molecule has 5 heteroatoms. The maximum atomic E-state index is 10.6. The van der Waals surface area contributed by atoms with Crippen LogP contribution in [0.3, 0.4) is 0 Å². The summed E-state index contributed by atoms with van der Waals surface area (Å²) in [5.41, 5.74) is 1.18. The van der Waals surface area contributed by atoms with Crippen LogP contribution in [0.5, 0.6) is 0 Å². The van der Waals surface area contributed by atoms with E-state index in [1.807, 2.05) is 0 Å².